The predicted molar refractivity (Wildman–Crippen MR) is 105 cm³/mol. The molecule has 0 amide bonds. The van der Waals surface area contributed by atoms with Crippen LogP contribution in [0.15, 0.2) is 47.6 Å². The van der Waals surface area contributed by atoms with Crippen LogP contribution in [0.5, 0.6) is 11.6 Å². The van der Waals surface area contributed by atoms with Crippen LogP contribution in [-0.4, -0.2) is 37.2 Å². The Labute approximate surface area is 155 Å². The highest BCUT2D eigenvalue weighted by Crippen LogP contribution is 2.14. The number of rotatable bonds is 8. The van der Waals surface area contributed by atoms with Crippen molar-refractivity contribution in [2.45, 2.75) is 33.4 Å². The number of ether oxygens (including phenoxy) is 2. The zero-order valence-corrected chi connectivity index (χ0v) is 16.0. The fourth-order valence-electron chi connectivity index (χ4n) is 2.38. The second-order valence-electron chi connectivity index (χ2n) is 6.03. The molecule has 0 bridgehead atoms. The van der Waals surface area contributed by atoms with Crippen LogP contribution in [0.4, 0.5) is 0 Å². The highest BCUT2D eigenvalue weighted by Gasteiger charge is 2.06. The number of aliphatic imine (C=N–C) groups is 1. The van der Waals surface area contributed by atoms with Crippen molar-refractivity contribution in [1.29, 1.82) is 0 Å². The van der Waals surface area contributed by atoms with E-state index in [0.717, 1.165) is 23.8 Å². The first-order chi connectivity index (χ1) is 12.6. The van der Waals surface area contributed by atoms with Crippen molar-refractivity contribution in [2.24, 2.45) is 4.99 Å². The van der Waals surface area contributed by atoms with Gasteiger partial charge in [-0.3, -0.25) is 0 Å². The van der Waals surface area contributed by atoms with E-state index < -0.39 is 0 Å². The van der Waals surface area contributed by atoms with E-state index in [-0.39, 0.29) is 6.10 Å². The summed E-state index contributed by atoms with van der Waals surface area (Å²) in [6.07, 6.45) is 1.74. The average molecular weight is 356 g/mol. The van der Waals surface area contributed by atoms with Gasteiger partial charge in [-0.1, -0.05) is 12.1 Å². The lowest BCUT2D eigenvalue weighted by Crippen LogP contribution is -2.41. The molecule has 0 saturated heterocycles. The summed E-state index contributed by atoms with van der Waals surface area (Å²) in [7, 11) is 1.61. The lowest BCUT2D eigenvalue weighted by atomic mass is 10.2. The number of guanidine groups is 1. The lowest BCUT2D eigenvalue weighted by molar-refractivity contribution is 0.223. The van der Waals surface area contributed by atoms with E-state index in [0.29, 0.717) is 19.0 Å². The first kappa shape index (κ1) is 19.6. The molecule has 1 atom stereocenters. The van der Waals surface area contributed by atoms with E-state index in [9.17, 15) is 0 Å². The number of benzene rings is 1. The number of methoxy groups -OCH3 is 1. The fraction of sp³-hybridized carbons (Fsp3) is 0.400. The van der Waals surface area contributed by atoms with Gasteiger partial charge in [0.05, 0.1) is 20.2 Å². The largest absolute Gasteiger partial charge is 0.489 e. The van der Waals surface area contributed by atoms with Gasteiger partial charge in [0.15, 0.2) is 5.96 Å². The highest BCUT2D eigenvalue weighted by molar-refractivity contribution is 5.79. The molecule has 2 aromatic rings. The van der Waals surface area contributed by atoms with Gasteiger partial charge in [0, 0.05) is 18.8 Å². The van der Waals surface area contributed by atoms with Crippen molar-refractivity contribution in [3.8, 4) is 11.6 Å². The van der Waals surface area contributed by atoms with Crippen molar-refractivity contribution >= 4 is 5.96 Å². The molecule has 0 saturated carbocycles. The molecule has 0 radical (unpaired) electrons. The highest BCUT2D eigenvalue weighted by atomic mass is 16.5. The van der Waals surface area contributed by atoms with E-state index >= 15 is 0 Å². The van der Waals surface area contributed by atoms with Gasteiger partial charge < -0.3 is 20.1 Å². The van der Waals surface area contributed by atoms with Crippen LogP contribution in [0.2, 0.25) is 0 Å². The molecule has 0 aliphatic rings. The maximum absolute atomic E-state index is 5.95. The summed E-state index contributed by atoms with van der Waals surface area (Å²) in [4.78, 5) is 8.72. The second kappa shape index (κ2) is 10.3. The van der Waals surface area contributed by atoms with Crippen molar-refractivity contribution in [3.63, 3.8) is 0 Å². The van der Waals surface area contributed by atoms with E-state index in [4.69, 9.17) is 9.47 Å². The number of nitrogens with one attached hydrogen (secondary N) is 2. The SMILES string of the molecule is CCNC(=NCc1ccnc(OC)c1)NCC(C)Oc1cccc(C)c1. The molecule has 2 N–H and O–H groups in total. The van der Waals surface area contributed by atoms with Crippen molar-refractivity contribution in [3.05, 3.63) is 53.7 Å². The Balaban J connectivity index is 1.89. The number of aromatic nitrogens is 1. The Morgan fingerprint density at radius 1 is 1.23 bits per heavy atom. The monoisotopic (exact) mass is 356 g/mol. The van der Waals surface area contributed by atoms with Crippen LogP contribution < -0.4 is 20.1 Å². The molecule has 1 heterocycles. The van der Waals surface area contributed by atoms with Gasteiger partial charge in [-0.25, -0.2) is 9.98 Å². The van der Waals surface area contributed by atoms with Crippen LogP contribution in [0.1, 0.15) is 25.0 Å². The minimum Gasteiger partial charge on any atom is -0.489 e. The van der Waals surface area contributed by atoms with Gasteiger partial charge in [-0.15, -0.1) is 0 Å². The van der Waals surface area contributed by atoms with Crippen molar-refractivity contribution < 1.29 is 9.47 Å². The number of hydrogen-bond donors (Lipinski definition) is 2. The summed E-state index contributed by atoms with van der Waals surface area (Å²) in [6, 6.07) is 11.9. The van der Waals surface area contributed by atoms with Gasteiger partial charge in [0.2, 0.25) is 5.88 Å². The fourth-order valence-corrected chi connectivity index (χ4v) is 2.38. The van der Waals surface area contributed by atoms with Crippen molar-refractivity contribution in [1.82, 2.24) is 15.6 Å². The first-order valence-corrected chi connectivity index (χ1v) is 8.85. The number of aryl methyl sites for hydroxylation is 1. The molecular weight excluding hydrogens is 328 g/mol. The predicted octanol–water partition coefficient (Wildman–Crippen LogP) is 2.92. The third-order valence-electron chi connectivity index (χ3n) is 3.66. The summed E-state index contributed by atoms with van der Waals surface area (Å²) in [5.74, 6) is 2.23. The van der Waals surface area contributed by atoms with Crippen molar-refractivity contribution in [2.75, 3.05) is 20.2 Å². The zero-order chi connectivity index (χ0) is 18.8. The standard InChI is InChI=1S/C20H28N4O2/c1-5-21-20(24-14-17-9-10-22-19(12-17)25-4)23-13-16(3)26-18-8-6-7-15(2)11-18/h6-12,16H,5,13-14H2,1-4H3,(H2,21,23,24). The van der Waals surface area contributed by atoms with Gasteiger partial charge in [0.25, 0.3) is 0 Å². The molecule has 1 aromatic carbocycles. The molecule has 0 spiro atoms. The molecule has 2 rings (SSSR count). The van der Waals surface area contributed by atoms with E-state index in [1.54, 1.807) is 13.3 Å². The maximum atomic E-state index is 5.95. The van der Waals surface area contributed by atoms with Crippen LogP contribution in [0, 0.1) is 6.92 Å². The summed E-state index contributed by atoms with van der Waals surface area (Å²) in [6.45, 7) is 8.12. The topological polar surface area (TPSA) is 67.8 Å². The number of pyridine rings is 1. The quantitative estimate of drug-likeness (QED) is 0.562. The van der Waals surface area contributed by atoms with Gasteiger partial charge >= 0.3 is 0 Å². The van der Waals surface area contributed by atoms with E-state index in [1.807, 2.05) is 44.2 Å². The number of nitrogens with zero attached hydrogens (tertiary/aromatic N) is 2. The Morgan fingerprint density at radius 3 is 2.81 bits per heavy atom. The van der Waals surface area contributed by atoms with Crippen LogP contribution >= 0.6 is 0 Å². The molecule has 6 nitrogen and oxygen atoms in total. The maximum Gasteiger partial charge on any atom is 0.213 e. The lowest BCUT2D eigenvalue weighted by Gasteiger charge is -2.18. The molecule has 140 valence electrons. The summed E-state index contributed by atoms with van der Waals surface area (Å²) in [5.41, 5.74) is 2.23. The molecule has 0 fully saturated rings. The molecule has 0 aliphatic heterocycles. The minimum atomic E-state index is 0.0154. The summed E-state index contributed by atoms with van der Waals surface area (Å²) in [5, 5.41) is 6.57. The Bertz CT molecular complexity index is 718. The molecule has 26 heavy (non-hydrogen) atoms. The Hall–Kier alpha value is -2.76. The van der Waals surface area contributed by atoms with Gasteiger partial charge in [0.1, 0.15) is 11.9 Å². The van der Waals surface area contributed by atoms with E-state index in [2.05, 4.69) is 33.6 Å². The van der Waals surface area contributed by atoms with Crippen LogP contribution in [0.25, 0.3) is 0 Å². The Morgan fingerprint density at radius 2 is 2.08 bits per heavy atom. The Kier molecular flexibility index (Phi) is 7.74. The molecule has 1 aromatic heterocycles. The minimum absolute atomic E-state index is 0.0154. The third-order valence-corrected chi connectivity index (χ3v) is 3.66. The molecule has 0 aliphatic carbocycles. The average Bonchev–Trinajstić information content (AvgIpc) is 2.64. The van der Waals surface area contributed by atoms with Gasteiger partial charge in [-0.05, 0) is 50.1 Å². The smallest absolute Gasteiger partial charge is 0.213 e. The third kappa shape index (κ3) is 6.63. The van der Waals surface area contributed by atoms with Gasteiger partial charge in [-0.2, -0.15) is 0 Å². The first-order valence-electron chi connectivity index (χ1n) is 8.85. The normalized spacial score (nSPS) is 12.4. The molecule has 1 unspecified atom stereocenters. The summed E-state index contributed by atoms with van der Waals surface area (Å²) < 4.78 is 11.1. The van der Waals surface area contributed by atoms with Crippen LogP contribution in [-0.2, 0) is 6.54 Å². The summed E-state index contributed by atoms with van der Waals surface area (Å²) >= 11 is 0. The van der Waals surface area contributed by atoms with E-state index in [1.165, 1.54) is 5.56 Å². The zero-order valence-electron chi connectivity index (χ0n) is 16.0. The number of hydrogen-bond acceptors (Lipinski definition) is 4. The second-order valence-corrected chi connectivity index (χ2v) is 6.03. The molecular formula is C20H28N4O2. The molecule has 6 heteroatoms. The van der Waals surface area contributed by atoms with Crippen LogP contribution in [0.3, 0.4) is 0 Å².